The molecule has 2 heterocycles. The van der Waals surface area contributed by atoms with Crippen molar-refractivity contribution in [1.29, 1.82) is 5.26 Å². The highest BCUT2D eigenvalue weighted by Crippen LogP contribution is 2.33. The van der Waals surface area contributed by atoms with E-state index >= 15 is 0 Å². The first-order valence-electron chi connectivity index (χ1n) is 7.92. The van der Waals surface area contributed by atoms with Gasteiger partial charge in [-0.3, -0.25) is 14.6 Å². The SMILES string of the molecule is Cc1oc2c(c1C(=O)Oc1ccccc1C#N)C(=O)c1ncccc1C2=O. The maximum Gasteiger partial charge on any atom is 0.347 e. The maximum atomic E-state index is 12.8. The minimum Gasteiger partial charge on any atom is -0.456 e. The number of rotatable bonds is 2. The van der Waals surface area contributed by atoms with Crippen LogP contribution in [0.5, 0.6) is 5.75 Å². The highest BCUT2D eigenvalue weighted by atomic mass is 16.5. The van der Waals surface area contributed by atoms with Crippen molar-refractivity contribution < 1.29 is 23.5 Å². The quantitative estimate of drug-likeness (QED) is 0.400. The number of carbonyl (C=O) groups excluding carboxylic acids is 3. The van der Waals surface area contributed by atoms with Gasteiger partial charge in [-0.15, -0.1) is 0 Å². The van der Waals surface area contributed by atoms with Gasteiger partial charge >= 0.3 is 5.97 Å². The lowest BCUT2D eigenvalue weighted by atomic mass is 9.90. The standard InChI is InChI=1S/C20H10N2O5/c1-10-14(20(25)27-13-7-3-2-5-11(13)9-21)15-18(24)16-12(6-4-8-22-16)17(23)19(15)26-10/h2-8H,1H3. The fraction of sp³-hybridized carbons (Fsp3) is 0.0500. The third-order valence-electron chi connectivity index (χ3n) is 4.20. The Kier molecular flexibility index (Phi) is 3.67. The number of nitriles is 1. The monoisotopic (exact) mass is 358 g/mol. The summed E-state index contributed by atoms with van der Waals surface area (Å²) in [6.07, 6.45) is 1.39. The van der Waals surface area contributed by atoms with Crippen molar-refractivity contribution >= 4 is 17.5 Å². The van der Waals surface area contributed by atoms with Gasteiger partial charge in [0.05, 0.1) is 16.7 Å². The number of carbonyl (C=O) groups is 3. The molecule has 1 aliphatic carbocycles. The molecule has 0 saturated carbocycles. The second-order valence-electron chi connectivity index (χ2n) is 5.79. The second kappa shape index (κ2) is 6.04. The molecule has 0 amide bonds. The number of ketones is 2. The summed E-state index contributed by atoms with van der Waals surface area (Å²) in [5, 5.41) is 9.13. The number of benzene rings is 1. The topological polar surface area (TPSA) is 110 Å². The number of furan rings is 1. The van der Waals surface area contributed by atoms with E-state index in [4.69, 9.17) is 14.4 Å². The number of nitrogens with zero attached hydrogens (tertiary/aromatic N) is 2. The molecular weight excluding hydrogens is 348 g/mol. The number of aryl methyl sites for hydroxylation is 1. The van der Waals surface area contributed by atoms with Gasteiger partial charge in [0.25, 0.3) is 0 Å². The Bertz CT molecular complexity index is 1180. The van der Waals surface area contributed by atoms with Crippen LogP contribution in [-0.2, 0) is 0 Å². The van der Waals surface area contributed by atoms with E-state index in [1.54, 1.807) is 18.2 Å². The van der Waals surface area contributed by atoms with Crippen LogP contribution in [0, 0.1) is 18.3 Å². The number of hydrogen-bond acceptors (Lipinski definition) is 7. The number of aromatic nitrogens is 1. The third-order valence-corrected chi connectivity index (χ3v) is 4.20. The fourth-order valence-electron chi connectivity index (χ4n) is 2.98. The molecule has 1 aliphatic rings. The Morgan fingerprint density at radius 1 is 1.15 bits per heavy atom. The van der Waals surface area contributed by atoms with E-state index in [-0.39, 0.29) is 45.2 Å². The van der Waals surface area contributed by atoms with Crippen molar-refractivity contribution in [2.24, 2.45) is 0 Å². The van der Waals surface area contributed by atoms with Gasteiger partial charge in [-0.25, -0.2) is 4.79 Å². The normalized spacial score (nSPS) is 12.1. The van der Waals surface area contributed by atoms with Crippen LogP contribution in [-0.4, -0.2) is 22.5 Å². The molecule has 130 valence electrons. The molecule has 2 aromatic heterocycles. The number of fused-ring (bicyclic) bond motifs is 2. The van der Waals surface area contributed by atoms with Gasteiger partial charge in [0, 0.05) is 6.20 Å². The Balaban J connectivity index is 1.81. The number of esters is 1. The van der Waals surface area contributed by atoms with Crippen LogP contribution < -0.4 is 4.74 Å². The summed E-state index contributed by atoms with van der Waals surface area (Å²) in [4.78, 5) is 42.1. The molecule has 0 bridgehead atoms. The first-order chi connectivity index (χ1) is 13.0. The predicted molar refractivity (Wildman–Crippen MR) is 90.7 cm³/mol. The largest absolute Gasteiger partial charge is 0.456 e. The van der Waals surface area contributed by atoms with Crippen molar-refractivity contribution in [1.82, 2.24) is 4.98 Å². The van der Waals surface area contributed by atoms with E-state index in [1.807, 2.05) is 6.07 Å². The molecule has 3 aromatic rings. The van der Waals surface area contributed by atoms with Gasteiger partial charge in [-0.05, 0) is 31.2 Å². The zero-order valence-electron chi connectivity index (χ0n) is 14.0. The molecule has 0 unspecified atom stereocenters. The summed E-state index contributed by atoms with van der Waals surface area (Å²) < 4.78 is 10.7. The molecule has 0 radical (unpaired) electrons. The van der Waals surface area contributed by atoms with E-state index < -0.39 is 17.5 Å². The zero-order valence-corrected chi connectivity index (χ0v) is 14.0. The predicted octanol–water partition coefficient (Wildman–Crippen LogP) is 2.85. The summed E-state index contributed by atoms with van der Waals surface area (Å²) in [6.45, 7) is 1.46. The molecule has 0 atom stereocenters. The zero-order chi connectivity index (χ0) is 19.1. The second-order valence-corrected chi connectivity index (χ2v) is 5.79. The Labute approximate surface area is 152 Å². The third kappa shape index (κ3) is 2.43. The highest BCUT2D eigenvalue weighted by molar-refractivity contribution is 6.29. The number of ether oxygens (including phenoxy) is 1. The molecule has 0 saturated heterocycles. The highest BCUT2D eigenvalue weighted by Gasteiger charge is 2.40. The molecule has 0 fully saturated rings. The maximum absolute atomic E-state index is 12.8. The lowest BCUT2D eigenvalue weighted by Crippen LogP contribution is -2.23. The molecular formula is C20H10N2O5. The number of pyridine rings is 1. The van der Waals surface area contributed by atoms with Crippen molar-refractivity contribution in [3.05, 3.63) is 82.1 Å². The van der Waals surface area contributed by atoms with E-state index in [0.29, 0.717) is 0 Å². The molecule has 7 nitrogen and oxygen atoms in total. The van der Waals surface area contributed by atoms with E-state index in [0.717, 1.165) is 0 Å². The minimum absolute atomic E-state index is 0.0396. The Hall–Kier alpha value is -4.05. The van der Waals surface area contributed by atoms with Gasteiger partial charge in [0.15, 0.2) is 5.76 Å². The van der Waals surface area contributed by atoms with E-state index in [2.05, 4.69) is 4.98 Å². The molecule has 0 aliphatic heterocycles. The molecule has 1 aromatic carbocycles. The molecule has 0 N–H and O–H groups in total. The molecule has 7 heteroatoms. The van der Waals surface area contributed by atoms with Crippen molar-refractivity contribution in [2.45, 2.75) is 6.92 Å². The van der Waals surface area contributed by atoms with Gasteiger partial charge in [0.2, 0.25) is 11.6 Å². The van der Waals surface area contributed by atoms with Crippen molar-refractivity contribution in [2.75, 3.05) is 0 Å². The summed E-state index contributed by atoms with van der Waals surface area (Å²) in [5.74, 6) is -2.08. The lowest BCUT2D eigenvalue weighted by Gasteiger charge is -2.12. The first-order valence-corrected chi connectivity index (χ1v) is 7.92. The number of para-hydroxylation sites is 1. The van der Waals surface area contributed by atoms with Gasteiger partial charge in [0.1, 0.15) is 28.8 Å². The van der Waals surface area contributed by atoms with Crippen LogP contribution in [0.3, 0.4) is 0 Å². The molecule has 0 spiro atoms. The number of hydrogen-bond donors (Lipinski definition) is 0. The van der Waals surface area contributed by atoms with Crippen molar-refractivity contribution in [3.63, 3.8) is 0 Å². The van der Waals surface area contributed by atoms with Crippen LogP contribution in [0.4, 0.5) is 0 Å². The summed E-state index contributed by atoms with van der Waals surface area (Å²) in [5.41, 5.74) is -0.0633. The van der Waals surface area contributed by atoms with Gasteiger partial charge in [-0.2, -0.15) is 5.26 Å². The van der Waals surface area contributed by atoms with Crippen molar-refractivity contribution in [3.8, 4) is 11.8 Å². The first kappa shape index (κ1) is 16.4. The fourth-order valence-corrected chi connectivity index (χ4v) is 2.98. The van der Waals surface area contributed by atoms with Crippen LogP contribution in [0.1, 0.15) is 53.9 Å². The van der Waals surface area contributed by atoms with Crippen LogP contribution >= 0.6 is 0 Å². The van der Waals surface area contributed by atoms with Crippen LogP contribution in [0.2, 0.25) is 0 Å². The average molecular weight is 358 g/mol. The van der Waals surface area contributed by atoms with Gasteiger partial charge in [-0.1, -0.05) is 12.1 Å². The Morgan fingerprint density at radius 3 is 2.70 bits per heavy atom. The summed E-state index contributed by atoms with van der Waals surface area (Å²) >= 11 is 0. The van der Waals surface area contributed by atoms with Crippen LogP contribution in [0.15, 0.2) is 47.0 Å². The summed E-state index contributed by atoms with van der Waals surface area (Å²) in [6, 6.07) is 11.1. The van der Waals surface area contributed by atoms with Crippen LogP contribution in [0.25, 0.3) is 0 Å². The van der Waals surface area contributed by atoms with E-state index in [9.17, 15) is 14.4 Å². The van der Waals surface area contributed by atoms with Gasteiger partial charge < -0.3 is 9.15 Å². The summed E-state index contributed by atoms with van der Waals surface area (Å²) in [7, 11) is 0. The smallest absolute Gasteiger partial charge is 0.347 e. The minimum atomic E-state index is -0.888. The average Bonchev–Trinajstić information content (AvgIpc) is 3.04. The molecule has 4 rings (SSSR count). The Morgan fingerprint density at radius 2 is 1.93 bits per heavy atom. The van der Waals surface area contributed by atoms with E-state index in [1.165, 1.54) is 31.3 Å². The lowest BCUT2D eigenvalue weighted by molar-refractivity contribution is 0.0728. The molecule has 27 heavy (non-hydrogen) atoms.